The van der Waals surface area contributed by atoms with Crippen LogP contribution in [-0.2, 0) is 4.79 Å². The molecular weight excluding hydrogens is 229 g/mol. The lowest BCUT2D eigenvalue weighted by atomic mass is 10.1. The molecule has 15 heavy (non-hydrogen) atoms. The number of alkyl halides is 3. The van der Waals surface area contributed by atoms with Crippen LogP contribution in [0.5, 0.6) is 0 Å². The summed E-state index contributed by atoms with van der Waals surface area (Å²) in [5.41, 5.74) is 0. The second-order valence-electron chi connectivity index (χ2n) is 3.42. The number of hydrogen-bond donors (Lipinski definition) is 0. The number of thiocyanates is 1. The lowest BCUT2D eigenvalue weighted by Crippen LogP contribution is -2.44. The van der Waals surface area contributed by atoms with Crippen molar-refractivity contribution >= 4 is 17.7 Å². The second kappa shape index (κ2) is 4.75. The number of nitrogens with zero attached hydrogens (tertiary/aromatic N) is 2. The van der Waals surface area contributed by atoms with Gasteiger partial charge in [0.25, 0.3) is 0 Å². The van der Waals surface area contributed by atoms with E-state index in [-0.39, 0.29) is 0 Å². The van der Waals surface area contributed by atoms with Gasteiger partial charge in [0, 0.05) is 14.1 Å². The van der Waals surface area contributed by atoms with Gasteiger partial charge in [-0.05, 0) is 18.7 Å². The van der Waals surface area contributed by atoms with Crippen molar-refractivity contribution in [3.05, 3.63) is 0 Å². The zero-order valence-electron chi connectivity index (χ0n) is 8.55. The maximum Gasteiger partial charge on any atom is 0.390 e. The summed E-state index contributed by atoms with van der Waals surface area (Å²) in [4.78, 5) is 12.5. The van der Waals surface area contributed by atoms with Crippen LogP contribution in [0, 0.1) is 10.7 Å². The molecule has 0 radical (unpaired) electrons. The van der Waals surface area contributed by atoms with Crippen LogP contribution in [0.4, 0.5) is 13.2 Å². The van der Waals surface area contributed by atoms with Crippen molar-refractivity contribution in [2.24, 2.45) is 0 Å². The number of carbonyl (C=O) groups excluding carboxylic acids is 1. The minimum absolute atomic E-state index is 0.336. The van der Waals surface area contributed by atoms with E-state index in [4.69, 9.17) is 5.26 Å². The van der Waals surface area contributed by atoms with Crippen molar-refractivity contribution in [3.8, 4) is 5.40 Å². The predicted molar refractivity (Wildman–Crippen MR) is 51.0 cm³/mol. The van der Waals surface area contributed by atoms with Crippen LogP contribution in [0.3, 0.4) is 0 Å². The van der Waals surface area contributed by atoms with Crippen LogP contribution in [-0.4, -0.2) is 35.8 Å². The highest BCUT2D eigenvalue weighted by atomic mass is 32.2. The summed E-state index contributed by atoms with van der Waals surface area (Å²) in [6.45, 7) is 1.12. The molecule has 7 heteroatoms. The zero-order valence-corrected chi connectivity index (χ0v) is 9.37. The molecule has 1 atom stereocenters. The summed E-state index contributed by atoms with van der Waals surface area (Å²) in [6.07, 6.45) is -5.78. The third kappa shape index (κ3) is 4.42. The molecular formula is C8H11F3N2OS. The maximum absolute atomic E-state index is 12.2. The largest absolute Gasteiger partial charge is 0.390 e. The highest BCUT2D eigenvalue weighted by Crippen LogP contribution is 2.37. The van der Waals surface area contributed by atoms with E-state index in [2.05, 4.69) is 0 Å². The molecule has 0 saturated carbocycles. The predicted octanol–water partition coefficient (Wildman–Crippen LogP) is 2.00. The topological polar surface area (TPSA) is 44.1 Å². The molecule has 0 aromatic heterocycles. The van der Waals surface area contributed by atoms with E-state index in [0.29, 0.717) is 11.8 Å². The summed E-state index contributed by atoms with van der Waals surface area (Å²) >= 11 is 0.336. The Morgan fingerprint density at radius 1 is 1.47 bits per heavy atom. The van der Waals surface area contributed by atoms with E-state index < -0.39 is 23.3 Å². The van der Waals surface area contributed by atoms with Crippen LogP contribution in [0.25, 0.3) is 0 Å². The molecule has 0 aliphatic rings. The fraction of sp³-hybridized carbons (Fsp3) is 0.750. The minimum Gasteiger partial charge on any atom is -0.348 e. The summed E-state index contributed by atoms with van der Waals surface area (Å²) < 4.78 is 34.8. The lowest BCUT2D eigenvalue weighted by Gasteiger charge is -2.28. The van der Waals surface area contributed by atoms with E-state index in [1.54, 1.807) is 0 Å². The number of halogens is 3. The van der Waals surface area contributed by atoms with Gasteiger partial charge >= 0.3 is 6.18 Å². The van der Waals surface area contributed by atoms with Crippen molar-refractivity contribution in [2.45, 2.75) is 24.3 Å². The third-order valence-electron chi connectivity index (χ3n) is 1.67. The summed E-state index contributed by atoms with van der Waals surface area (Å²) in [6, 6.07) is 0. The van der Waals surface area contributed by atoms with Crippen LogP contribution < -0.4 is 0 Å². The van der Waals surface area contributed by atoms with Crippen molar-refractivity contribution in [1.29, 1.82) is 5.26 Å². The highest BCUT2D eigenvalue weighted by molar-refractivity contribution is 8.05. The van der Waals surface area contributed by atoms with E-state index in [1.807, 2.05) is 0 Å². The van der Waals surface area contributed by atoms with Gasteiger partial charge < -0.3 is 4.90 Å². The fourth-order valence-corrected chi connectivity index (χ4v) is 1.82. The van der Waals surface area contributed by atoms with Crippen molar-refractivity contribution in [1.82, 2.24) is 4.90 Å². The minimum atomic E-state index is -4.47. The van der Waals surface area contributed by atoms with Gasteiger partial charge in [-0.1, -0.05) is 0 Å². The number of carbonyl (C=O) groups is 1. The van der Waals surface area contributed by atoms with E-state index in [9.17, 15) is 18.0 Å². The SMILES string of the molecule is CN(C)C(=O)[C@](C)(CC(F)(F)F)SC#N. The van der Waals surface area contributed by atoms with Crippen LogP contribution >= 0.6 is 11.8 Å². The summed E-state index contributed by atoms with van der Waals surface area (Å²) in [7, 11) is 2.71. The van der Waals surface area contributed by atoms with Gasteiger partial charge in [0.15, 0.2) is 0 Å². The van der Waals surface area contributed by atoms with Crippen LogP contribution in [0.15, 0.2) is 0 Å². The Balaban J connectivity index is 4.92. The van der Waals surface area contributed by atoms with Gasteiger partial charge in [0.1, 0.15) is 10.1 Å². The molecule has 0 fully saturated rings. The van der Waals surface area contributed by atoms with E-state index >= 15 is 0 Å². The number of hydrogen-bond acceptors (Lipinski definition) is 3. The quantitative estimate of drug-likeness (QED) is 0.709. The first kappa shape index (κ1) is 14.1. The molecule has 0 N–H and O–H groups in total. The lowest BCUT2D eigenvalue weighted by molar-refractivity contribution is -0.152. The Labute approximate surface area is 90.2 Å². The summed E-state index contributed by atoms with van der Waals surface area (Å²) in [5, 5.41) is 9.94. The van der Waals surface area contributed by atoms with Gasteiger partial charge in [-0.3, -0.25) is 4.79 Å². The Hall–Kier alpha value is -0.900. The molecule has 0 saturated heterocycles. The first-order chi connectivity index (χ1) is 6.62. The monoisotopic (exact) mass is 240 g/mol. The molecule has 0 spiro atoms. The Morgan fingerprint density at radius 3 is 2.20 bits per heavy atom. The molecule has 0 aromatic rings. The first-order valence-corrected chi connectivity index (χ1v) is 4.79. The van der Waals surface area contributed by atoms with E-state index in [0.717, 1.165) is 11.8 Å². The number of thioether (sulfide) groups is 1. The Bertz CT molecular complexity index is 285. The normalized spacial score (nSPS) is 15.3. The number of rotatable bonds is 3. The van der Waals surface area contributed by atoms with Crippen molar-refractivity contribution < 1.29 is 18.0 Å². The number of amides is 1. The van der Waals surface area contributed by atoms with Crippen molar-refractivity contribution in [2.75, 3.05) is 14.1 Å². The van der Waals surface area contributed by atoms with Crippen LogP contribution in [0.2, 0.25) is 0 Å². The van der Waals surface area contributed by atoms with Gasteiger partial charge in [-0.2, -0.15) is 18.4 Å². The average Bonchev–Trinajstić information content (AvgIpc) is 1.99. The standard InChI is InChI=1S/C8H11F3N2OS/c1-7(15-5-12,4-8(9,10)11)6(14)13(2)3/h4H2,1-3H3/t7-/m0/s1. The molecule has 0 aliphatic heterocycles. The third-order valence-corrected chi connectivity index (χ3v) is 2.53. The average molecular weight is 240 g/mol. The fourth-order valence-electron chi connectivity index (χ4n) is 1.11. The van der Waals surface area contributed by atoms with Crippen LogP contribution in [0.1, 0.15) is 13.3 Å². The highest BCUT2D eigenvalue weighted by Gasteiger charge is 2.46. The molecule has 0 rings (SSSR count). The smallest absolute Gasteiger partial charge is 0.348 e. The Morgan fingerprint density at radius 2 is 1.93 bits per heavy atom. The molecule has 0 aromatic carbocycles. The van der Waals surface area contributed by atoms with Gasteiger partial charge in [-0.25, -0.2) is 0 Å². The Kier molecular flexibility index (Phi) is 4.46. The maximum atomic E-state index is 12.2. The molecule has 86 valence electrons. The van der Waals surface area contributed by atoms with Crippen molar-refractivity contribution in [3.63, 3.8) is 0 Å². The molecule has 0 heterocycles. The molecule has 0 bridgehead atoms. The zero-order chi connectivity index (χ0) is 12.3. The molecule has 3 nitrogen and oxygen atoms in total. The summed E-state index contributed by atoms with van der Waals surface area (Å²) in [5.74, 6) is -0.716. The second-order valence-corrected chi connectivity index (χ2v) is 4.70. The molecule has 1 amide bonds. The van der Waals surface area contributed by atoms with E-state index in [1.165, 1.54) is 19.5 Å². The number of nitriles is 1. The van der Waals surface area contributed by atoms with Gasteiger partial charge in [-0.15, -0.1) is 0 Å². The molecule has 0 aliphatic carbocycles. The molecule has 0 unspecified atom stereocenters. The van der Waals surface area contributed by atoms with Gasteiger partial charge in [0.05, 0.1) is 6.42 Å². The first-order valence-electron chi connectivity index (χ1n) is 3.98. The van der Waals surface area contributed by atoms with Gasteiger partial charge in [0.2, 0.25) is 5.91 Å².